The van der Waals surface area contributed by atoms with Crippen LogP contribution in [0.5, 0.6) is 29.4 Å². The van der Waals surface area contributed by atoms with Gasteiger partial charge in [0, 0.05) is 157 Å². The largest absolute Gasteiger partial charge is 1.00 e. The molecular weight excluding hydrogens is 1690 g/mol. The zero-order valence-corrected chi connectivity index (χ0v) is 77.8. The van der Waals surface area contributed by atoms with Gasteiger partial charge in [-0.1, -0.05) is 67.9 Å². The van der Waals surface area contributed by atoms with E-state index in [1.807, 2.05) is 41.5 Å². The average molecular weight is 1800 g/mol. The summed E-state index contributed by atoms with van der Waals surface area (Å²) in [6.45, 7) is 20.0. The molecule has 0 aliphatic heterocycles. The average Bonchev–Trinajstić information content (AvgIpc) is 1.69. The van der Waals surface area contributed by atoms with Crippen LogP contribution in [0, 0.1) is 58.2 Å². The smallest absolute Gasteiger partial charge is 0.793 e. The van der Waals surface area contributed by atoms with E-state index in [0.29, 0.717) is 84.3 Å². The predicted octanol–water partition coefficient (Wildman–Crippen LogP) is 11.4. The SMILES string of the molecule is CC(=O)OOC(C)=O.CC1CCC(C(=O)N(c2cc(C#CC(C)(C)C)sc2C(=O)O)C2CCC(=O)CC2)CC1.CC1CCC(C(=O)N(c2cc(C#CC(C)(C)C)sc2C(=O)O)C2CCC(NN(C)C(=O)Oc3ccccn3)CC2)CC1.CN(N)C(=O)Oc1ccccn1.CN(N)C(=O)Oc1ccccn1.O=C(Oc1ccccn1)Oc1ccccn1.[B-]OC(C)=O.[Na+]. The van der Waals surface area contributed by atoms with Gasteiger partial charge in [0.15, 0.2) is 0 Å². The number of pyridine rings is 5. The second-order valence-corrected chi connectivity index (χ2v) is 33.5. The molecule has 0 unspecified atom stereocenters. The van der Waals surface area contributed by atoms with Crippen LogP contribution in [0.1, 0.15) is 208 Å². The van der Waals surface area contributed by atoms with Gasteiger partial charge in [0.05, 0.1) is 21.1 Å². The molecule has 4 saturated carbocycles. The summed E-state index contributed by atoms with van der Waals surface area (Å²) in [6.07, 6.45) is 17.1. The molecule has 4 fully saturated rings. The number of thiophene rings is 2. The summed E-state index contributed by atoms with van der Waals surface area (Å²) >= 11 is 2.27. The van der Waals surface area contributed by atoms with Gasteiger partial charge in [-0.05, 0) is 186 Å². The normalized spacial score (nSPS) is 16.6. The molecule has 0 aromatic carbocycles. The molecule has 4 aliphatic rings. The summed E-state index contributed by atoms with van der Waals surface area (Å²) in [7, 11) is 8.72. The van der Waals surface area contributed by atoms with Crippen molar-refractivity contribution in [1.29, 1.82) is 0 Å². The molecule has 3 radical (unpaired) electrons. The van der Waals surface area contributed by atoms with Gasteiger partial charge in [-0.25, -0.2) is 105 Å². The second-order valence-electron chi connectivity index (χ2n) is 31.4. The van der Waals surface area contributed by atoms with Crippen LogP contribution in [-0.4, -0.2) is 169 Å². The minimum absolute atomic E-state index is 0. The molecule has 7 aromatic rings. The maximum Gasteiger partial charge on any atom is 1.00 e. The summed E-state index contributed by atoms with van der Waals surface area (Å²) in [4.78, 5) is 171. The van der Waals surface area contributed by atoms with Gasteiger partial charge >= 0.3 is 77.9 Å². The Hall–Kier alpha value is -11.7. The van der Waals surface area contributed by atoms with Crippen LogP contribution in [0.3, 0.4) is 0 Å². The molecule has 4 aliphatic carbocycles. The monoisotopic (exact) mass is 1800 g/mol. The van der Waals surface area contributed by atoms with Crippen LogP contribution in [0.2, 0.25) is 0 Å². The summed E-state index contributed by atoms with van der Waals surface area (Å²) in [5.41, 5.74) is 3.70. The van der Waals surface area contributed by atoms with Gasteiger partial charge in [-0.3, -0.25) is 19.2 Å². The van der Waals surface area contributed by atoms with Gasteiger partial charge in [0.2, 0.25) is 47.2 Å². The third kappa shape index (κ3) is 41.1. The Kier molecular flexibility index (Phi) is 46.6. The molecular formula is C88H110BN13NaO22S2. The van der Waals surface area contributed by atoms with Crippen molar-refractivity contribution in [3.05, 3.63) is 154 Å². The Morgan fingerprint density at radius 2 is 0.772 bits per heavy atom. The van der Waals surface area contributed by atoms with E-state index in [9.17, 15) is 67.7 Å². The van der Waals surface area contributed by atoms with Gasteiger partial charge in [0.1, 0.15) is 15.5 Å². The number of ether oxygens (including phenoxy) is 5. The number of aromatic carboxylic acids is 2. The Bertz CT molecular complexity index is 4700. The first-order valence-electron chi connectivity index (χ1n) is 40.4. The first-order chi connectivity index (χ1) is 59.6. The van der Waals surface area contributed by atoms with Crippen molar-refractivity contribution in [3.8, 4) is 53.1 Å². The number of nitrogens with one attached hydrogen (secondary N) is 1. The van der Waals surface area contributed by atoms with Crippen molar-refractivity contribution in [2.75, 3.05) is 30.9 Å². The van der Waals surface area contributed by atoms with Crippen LogP contribution >= 0.6 is 22.7 Å². The number of hydrogen-bond donors (Lipinski definition) is 5. The van der Waals surface area contributed by atoms with Crippen molar-refractivity contribution in [2.45, 2.75) is 197 Å². The maximum atomic E-state index is 14.1. The van der Waals surface area contributed by atoms with Gasteiger partial charge in [-0.2, -0.15) is 0 Å². The maximum absolute atomic E-state index is 14.1. The fourth-order valence-corrected chi connectivity index (χ4v) is 13.9. The molecule has 5 amide bonds. The summed E-state index contributed by atoms with van der Waals surface area (Å²) in [5, 5.41) is 23.0. The number of Topliss-reactive ketones (excluding diaryl/α,β-unsaturated/α-hetero) is 1. The van der Waals surface area contributed by atoms with E-state index in [-0.39, 0.29) is 127 Å². The summed E-state index contributed by atoms with van der Waals surface area (Å²) < 4.78 is 28.0. The number of hydrogen-bond acceptors (Lipinski definition) is 30. The number of hydrazine groups is 3. The summed E-state index contributed by atoms with van der Waals surface area (Å²) in [6, 6.07) is 28.4. The number of nitrogens with zero attached hydrogens (tertiary/aromatic N) is 10. The van der Waals surface area contributed by atoms with E-state index in [1.54, 1.807) is 126 Å². The fourth-order valence-electron chi connectivity index (χ4n) is 12.2. The van der Waals surface area contributed by atoms with Crippen LogP contribution < -0.4 is 80.2 Å². The third-order valence-electron chi connectivity index (χ3n) is 18.4. The Labute approximate surface area is 770 Å². The zero-order valence-electron chi connectivity index (χ0n) is 74.1. The molecule has 0 atom stereocenters. The van der Waals surface area contributed by atoms with E-state index in [1.165, 1.54) is 50.8 Å². The molecule has 0 bridgehead atoms. The molecule has 7 heterocycles. The standard InChI is InChI=1S/C32H42N4O5S.C25H33NO4S.C11H8N2O3.2C7H9N3O2.C4H6O4.C2H3BO2.Na/c1-21-9-11-22(12-10-21)29(37)36(26-20-25(17-18-32(2,3)4)42-28(26)30(38)39)24-15-13-23(14-16-24)34-35(5)31(40)41-27-8-6-7-19-33-27;1-16-5-7-17(8-6-16)23(28)26(18-9-11-19(27)12-10-18)21-15-20(13-14-25(2,3)4)31-22(21)24(29)30;14-11(15-9-5-1-3-7-12-9)16-10-6-2-4-8-13-10;2*1-10(8)7(11)12-6-4-2-3-5-9-6;1-3(5)7-8-4(2)6;1-2(4)5-3;/h6-8,19-24,34H,9-16H2,1-5H3,(H,38,39);15-18H,5-12H2,1-4H3,(H,29,30);1-8H;2*2-5H,8H2,1H3;1-2H3;1H3;/q;;;;;;-1;+1. The van der Waals surface area contributed by atoms with Gasteiger partial charge < -0.3 is 56.4 Å². The number of amides is 5. The number of nitrogens with two attached hydrogens (primary N) is 2. The Morgan fingerprint density at radius 3 is 1.05 bits per heavy atom. The number of anilines is 2. The van der Waals surface area contributed by atoms with E-state index < -0.39 is 54.3 Å². The van der Waals surface area contributed by atoms with Crippen molar-refractivity contribution in [2.24, 2.45) is 46.2 Å². The van der Waals surface area contributed by atoms with Crippen molar-refractivity contribution in [3.63, 3.8) is 0 Å². The number of carbonyl (C=O) groups excluding carboxylic acids is 10. The first kappa shape index (κ1) is 108. The van der Waals surface area contributed by atoms with Crippen LogP contribution in [0.4, 0.5) is 30.6 Å². The predicted molar refractivity (Wildman–Crippen MR) is 468 cm³/mol. The quantitative estimate of drug-likeness (QED) is 0.0121. The van der Waals surface area contributed by atoms with Crippen LogP contribution in [0.25, 0.3) is 0 Å². The van der Waals surface area contributed by atoms with Crippen molar-refractivity contribution in [1.82, 2.24) is 45.4 Å². The molecule has 35 nitrogen and oxygen atoms in total. The molecule has 7 aromatic heterocycles. The van der Waals surface area contributed by atoms with Crippen molar-refractivity contribution < 1.29 is 135 Å². The minimum atomic E-state index is -1.04. The van der Waals surface area contributed by atoms with E-state index >= 15 is 0 Å². The van der Waals surface area contributed by atoms with E-state index in [2.05, 4.69) is 90.4 Å². The van der Waals surface area contributed by atoms with Crippen molar-refractivity contribution >= 4 is 114 Å². The Balaban J connectivity index is 0.000000345. The molecule has 7 N–H and O–H groups in total. The second kappa shape index (κ2) is 55.0. The Morgan fingerprint density at radius 1 is 0.465 bits per heavy atom. The van der Waals surface area contributed by atoms with E-state index in [0.717, 1.165) is 97.9 Å². The number of rotatable bonds is 15. The minimum Gasteiger partial charge on any atom is -0.793 e. The summed E-state index contributed by atoms with van der Waals surface area (Å²) in [5.74, 6) is 21.3. The van der Waals surface area contributed by atoms with Crippen LogP contribution in [-0.2, 0) is 43.2 Å². The zero-order chi connectivity index (χ0) is 93.2. The number of aromatic nitrogens is 5. The first-order valence-corrected chi connectivity index (χ1v) is 42.0. The fraction of sp³-hybridized carbons (Fsp3) is 0.443. The molecule has 127 heavy (non-hydrogen) atoms. The number of ketones is 1. The molecule has 39 heteroatoms. The number of carboxylic acids is 2. The number of carboxylic acid groups (broad SMARTS) is 2. The number of carbonyl (C=O) groups is 12. The van der Waals surface area contributed by atoms with Crippen LogP contribution in [0.15, 0.2) is 134 Å². The molecule has 675 valence electrons. The van der Waals surface area contributed by atoms with Gasteiger partial charge in [-0.15, -0.1) is 22.7 Å². The van der Waals surface area contributed by atoms with Gasteiger partial charge in [0.25, 0.3) is 0 Å². The topological polar surface area (TPSA) is 464 Å². The van der Waals surface area contributed by atoms with E-state index in [4.69, 9.17) is 35.4 Å². The third-order valence-corrected chi connectivity index (χ3v) is 20.5. The molecule has 0 saturated heterocycles. The molecule has 11 rings (SSSR count). The molecule has 0 spiro atoms.